The Bertz CT molecular complexity index is 427. The molecule has 0 saturated carbocycles. The lowest BCUT2D eigenvalue weighted by atomic mass is 10.4. The Morgan fingerprint density at radius 2 is 2.05 bits per heavy atom. The molecule has 0 saturated heterocycles. The summed E-state index contributed by atoms with van der Waals surface area (Å²) in [5.41, 5.74) is 4.98. The van der Waals surface area contributed by atoms with Crippen LogP contribution >= 0.6 is 0 Å². The molecule has 0 fully saturated rings. The van der Waals surface area contributed by atoms with E-state index in [1.807, 2.05) is 0 Å². The number of hydrogen-bond acceptors (Lipinski definition) is 5. The number of nitrogens with one attached hydrogen (secondary N) is 1. The third kappa shape index (κ3) is 6.22. The molecule has 8 heteroatoms. The van der Waals surface area contributed by atoms with Gasteiger partial charge in [0.2, 0.25) is 11.8 Å². The van der Waals surface area contributed by atoms with E-state index in [2.05, 4.69) is 5.32 Å². The molecular weight excluding hydrogens is 254 g/mol. The zero-order valence-electron chi connectivity index (χ0n) is 10.2. The van der Waals surface area contributed by atoms with Crippen molar-refractivity contribution >= 4 is 17.8 Å². The highest BCUT2D eigenvalue weighted by atomic mass is 16.4. The summed E-state index contributed by atoms with van der Waals surface area (Å²) in [6, 6.07) is 3.38. The van der Waals surface area contributed by atoms with E-state index in [9.17, 15) is 14.4 Å². The van der Waals surface area contributed by atoms with Crippen molar-refractivity contribution in [3.05, 3.63) is 24.2 Å². The van der Waals surface area contributed by atoms with Crippen molar-refractivity contribution in [2.45, 2.75) is 6.54 Å². The van der Waals surface area contributed by atoms with E-state index < -0.39 is 24.3 Å². The number of nitrogens with two attached hydrogens (primary N) is 1. The van der Waals surface area contributed by atoms with Crippen molar-refractivity contribution < 1.29 is 23.9 Å². The number of carbonyl (C=O) groups excluding carboxylic acids is 2. The number of nitrogens with zero attached hydrogens (tertiary/aromatic N) is 1. The fourth-order valence-corrected chi connectivity index (χ4v) is 1.44. The molecular formula is C11H15N3O5. The van der Waals surface area contributed by atoms with Gasteiger partial charge in [-0.15, -0.1) is 0 Å². The largest absolute Gasteiger partial charge is 0.480 e. The van der Waals surface area contributed by atoms with Crippen LogP contribution in [0.4, 0.5) is 0 Å². The molecule has 1 heterocycles. The van der Waals surface area contributed by atoms with Gasteiger partial charge in [0.15, 0.2) is 0 Å². The molecule has 104 valence electrons. The molecule has 4 N–H and O–H groups in total. The Morgan fingerprint density at radius 3 is 2.58 bits per heavy atom. The minimum Gasteiger partial charge on any atom is -0.480 e. The first-order chi connectivity index (χ1) is 8.97. The third-order valence-electron chi connectivity index (χ3n) is 2.15. The van der Waals surface area contributed by atoms with E-state index in [-0.39, 0.29) is 19.6 Å². The highest BCUT2D eigenvalue weighted by Gasteiger charge is 2.16. The van der Waals surface area contributed by atoms with Gasteiger partial charge in [0.05, 0.1) is 32.4 Å². The second-order valence-electron chi connectivity index (χ2n) is 3.86. The van der Waals surface area contributed by atoms with Gasteiger partial charge in [0.25, 0.3) is 0 Å². The zero-order valence-corrected chi connectivity index (χ0v) is 10.2. The molecule has 8 nitrogen and oxygen atoms in total. The number of furan rings is 1. The van der Waals surface area contributed by atoms with Gasteiger partial charge in [0, 0.05) is 0 Å². The predicted molar refractivity (Wildman–Crippen MR) is 63.8 cm³/mol. The lowest BCUT2D eigenvalue weighted by Crippen LogP contribution is -2.43. The number of carboxylic acids is 1. The summed E-state index contributed by atoms with van der Waals surface area (Å²) in [5.74, 6) is -1.67. The molecule has 0 aromatic carbocycles. The van der Waals surface area contributed by atoms with Gasteiger partial charge in [-0.1, -0.05) is 0 Å². The fourth-order valence-electron chi connectivity index (χ4n) is 1.44. The Balaban J connectivity index is 2.41. The Labute approximate surface area is 109 Å². The Kier molecular flexibility index (Phi) is 5.55. The smallest absolute Gasteiger partial charge is 0.317 e. The van der Waals surface area contributed by atoms with Crippen molar-refractivity contribution in [3.63, 3.8) is 0 Å². The Morgan fingerprint density at radius 1 is 1.32 bits per heavy atom. The molecule has 0 bridgehead atoms. The summed E-state index contributed by atoms with van der Waals surface area (Å²) < 4.78 is 5.02. The number of aliphatic carboxylic acids is 1. The molecule has 0 aliphatic rings. The first-order valence-electron chi connectivity index (χ1n) is 5.49. The quantitative estimate of drug-likeness (QED) is 0.542. The summed E-state index contributed by atoms with van der Waals surface area (Å²) in [4.78, 5) is 34.0. The number of carbonyl (C=O) groups is 3. The van der Waals surface area contributed by atoms with Crippen LogP contribution in [0.2, 0.25) is 0 Å². The molecule has 1 rings (SSSR count). The van der Waals surface area contributed by atoms with Crippen molar-refractivity contribution in [2.75, 3.05) is 19.6 Å². The summed E-state index contributed by atoms with van der Waals surface area (Å²) >= 11 is 0. The molecule has 0 atom stereocenters. The maximum atomic E-state index is 11.6. The molecule has 0 unspecified atom stereocenters. The van der Waals surface area contributed by atoms with Crippen LogP contribution in [0.5, 0.6) is 0 Å². The van der Waals surface area contributed by atoms with Crippen molar-refractivity contribution in [1.82, 2.24) is 10.2 Å². The average Bonchev–Trinajstić information content (AvgIpc) is 2.77. The van der Waals surface area contributed by atoms with Crippen LogP contribution in [0.25, 0.3) is 0 Å². The predicted octanol–water partition coefficient (Wildman–Crippen LogP) is -1.23. The van der Waals surface area contributed by atoms with Crippen molar-refractivity contribution in [2.24, 2.45) is 5.73 Å². The van der Waals surface area contributed by atoms with E-state index in [1.165, 1.54) is 6.26 Å². The minimum atomic E-state index is -1.14. The molecule has 2 amide bonds. The van der Waals surface area contributed by atoms with E-state index in [1.54, 1.807) is 12.1 Å². The van der Waals surface area contributed by atoms with E-state index in [0.717, 1.165) is 4.90 Å². The lowest BCUT2D eigenvalue weighted by molar-refractivity contribution is -0.139. The van der Waals surface area contributed by atoms with E-state index >= 15 is 0 Å². The van der Waals surface area contributed by atoms with Gasteiger partial charge in [0.1, 0.15) is 5.76 Å². The van der Waals surface area contributed by atoms with Gasteiger partial charge >= 0.3 is 5.97 Å². The summed E-state index contributed by atoms with van der Waals surface area (Å²) in [6.07, 6.45) is 1.48. The standard InChI is InChI=1S/C11H15N3O5/c12-9(15)5-14(7-11(17)18)6-10(16)13-4-8-2-1-3-19-8/h1-3H,4-7H2,(H2,12,15)(H,13,16)(H,17,18). The van der Waals surface area contributed by atoms with E-state index in [0.29, 0.717) is 5.76 Å². The molecule has 1 aromatic heterocycles. The van der Waals surface area contributed by atoms with Crippen LogP contribution in [0.3, 0.4) is 0 Å². The average molecular weight is 269 g/mol. The molecule has 19 heavy (non-hydrogen) atoms. The summed E-state index contributed by atoms with van der Waals surface area (Å²) in [5, 5.41) is 11.2. The van der Waals surface area contributed by atoms with Crippen molar-refractivity contribution in [1.29, 1.82) is 0 Å². The molecule has 0 radical (unpaired) electrons. The van der Waals surface area contributed by atoms with Crippen LogP contribution in [-0.2, 0) is 20.9 Å². The first kappa shape index (κ1) is 14.7. The normalized spacial score (nSPS) is 10.4. The fraction of sp³-hybridized carbons (Fsp3) is 0.364. The molecule has 1 aromatic rings. The van der Waals surface area contributed by atoms with Gasteiger partial charge in [-0.2, -0.15) is 0 Å². The number of amides is 2. The number of rotatable bonds is 8. The SMILES string of the molecule is NC(=O)CN(CC(=O)O)CC(=O)NCc1ccco1. The lowest BCUT2D eigenvalue weighted by Gasteiger charge is -2.17. The Hall–Kier alpha value is -2.35. The highest BCUT2D eigenvalue weighted by Crippen LogP contribution is 1.98. The molecule has 0 aliphatic carbocycles. The second kappa shape index (κ2) is 7.17. The second-order valence-corrected chi connectivity index (χ2v) is 3.86. The van der Waals surface area contributed by atoms with Gasteiger partial charge in [-0.25, -0.2) is 0 Å². The summed E-state index contributed by atoms with van der Waals surface area (Å²) in [6.45, 7) is -0.753. The zero-order chi connectivity index (χ0) is 14.3. The van der Waals surface area contributed by atoms with Crippen LogP contribution in [0, 0.1) is 0 Å². The van der Waals surface area contributed by atoms with Crippen LogP contribution in [0.1, 0.15) is 5.76 Å². The van der Waals surface area contributed by atoms with Gasteiger partial charge in [-0.3, -0.25) is 19.3 Å². The minimum absolute atomic E-state index is 0.198. The highest BCUT2D eigenvalue weighted by molar-refractivity contribution is 5.81. The molecule has 0 aliphatic heterocycles. The number of primary amides is 1. The van der Waals surface area contributed by atoms with Gasteiger partial charge < -0.3 is 20.6 Å². The topological polar surface area (TPSA) is 126 Å². The number of carboxylic acid groups (broad SMARTS) is 1. The van der Waals surface area contributed by atoms with Crippen LogP contribution in [-0.4, -0.2) is 47.4 Å². The van der Waals surface area contributed by atoms with Crippen molar-refractivity contribution in [3.8, 4) is 0 Å². The maximum Gasteiger partial charge on any atom is 0.317 e. The monoisotopic (exact) mass is 269 g/mol. The number of hydrogen-bond donors (Lipinski definition) is 3. The van der Waals surface area contributed by atoms with Gasteiger partial charge in [-0.05, 0) is 12.1 Å². The van der Waals surface area contributed by atoms with Crippen LogP contribution < -0.4 is 11.1 Å². The first-order valence-corrected chi connectivity index (χ1v) is 5.49. The maximum absolute atomic E-state index is 11.6. The van der Waals surface area contributed by atoms with Crippen LogP contribution in [0.15, 0.2) is 22.8 Å². The summed E-state index contributed by atoms with van der Waals surface area (Å²) in [7, 11) is 0. The third-order valence-corrected chi connectivity index (χ3v) is 2.15. The molecule has 0 spiro atoms. The van der Waals surface area contributed by atoms with E-state index in [4.69, 9.17) is 15.3 Å².